The number of aromatic amines is 1. The van der Waals surface area contributed by atoms with E-state index in [1.807, 2.05) is 0 Å². The van der Waals surface area contributed by atoms with E-state index in [0.717, 1.165) is 10.6 Å². The molecule has 0 spiro atoms. The zero-order valence-electron chi connectivity index (χ0n) is 10.0. The Bertz CT molecular complexity index is 599. The van der Waals surface area contributed by atoms with Gasteiger partial charge in [-0.2, -0.15) is 0 Å². The van der Waals surface area contributed by atoms with Crippen molar-refractivity contribution in [2.75, 3.05) is 6.61 Å². The number of rotatable bonds is 3. The number of nitrogens with one attached hydrogen (secondary N) is 1. The molecule has 1 aromatic rings. The quantitative estimate of drug-likeness (QED) is 0.573. The van der Waals surface area contributed by atoms with Gasteiger partial charge in [0.2, 0.25) is 0 Å². The second kappa shape index (κ2) is 5.40. The van der Waals surface area contributed by atoms with Gasteiger partial charge in [0.15, 0.2) is 6.23 Å². The molecule has 1 aliphatic heterocycles. The molecule has 1 aromatic heterocycles. The highest BCUT2D eigenvalue weighted by atomic mass is 16.5. The van der Waals surface area contributed by atoms with Crippen LogP contribution in [-0.2, 0) is 4.74 Å². The number of hydrogen-bond donors (Lipinski definition) is 3. The zero-order chi connectivity index (χ0) is 14.0. The third kappa shape index (κ3) is 2.46. The van der Waals surface area contributed by atoms with Gasteiger partial charge in [0.05, 0.1) is 12.7 Å². The molecule has 1 aliphatic rings. The van der Waals surface area contributed by atoms with Crippen LogP contribution in [0, 0.1) is 18.3 Å². The van der Waals surface area contributed by atoms with Crippen molar-refractivity contribution in [2.45, 2.75) is 24.9 Å². The maximum atomic E-state index is 11.6. The first-order valence-corrected chi connectivity index (χ1v) is 5.77. The van der Waals surface area contributed by atoms with Crippen LogP contribution in [0.3, 0.4) is 0 Å². The topological polar surface area (TPSA) is 105 Å². The molecule has 0 amide bonds. The Hall–Kier alpha value is -1.88. The highest BCUT2D eigenvalue weighted by Gasteiger charge is 2.44. The van der Waals surface area contributed by atoms with Crippen molar-refractivity contribution in [1.29, 1.82) is 0 Å². The minimum Gasteiger partial charge on any atom is -0.394 e. The van der Waals surface area contributed by atoms with E-state index in [4.69, 9.17) is 11.2 Å². The molecule has 19 heavy (non-hydrogen) atoms. The highest BCUT2D eigenvalue weighted by Crippen LogP contribution is 2.34. The second-order valence-electron chi connectivity index (χ2n) is 4.33. The van der Waals surface area contributed by atoms with Crippen molar-refractivity contribution in [3.8, 4) is 12.3 Å². The first-order chi connectivity index (χ1) is 9.08. The number of hydrogen-bond acceptors (Lipinski definition) is 5. The van der Waals surface area contributed by atoms with Gasteiger partial charge in [-0.1, -0.05) is 0 Å². The Kier molecular flexibility index (Phi) is 3.85. The molecule has 2 rings (SSSR count). The van der Waals surface area contributed by atoms with Crippen molar-refractivity contribution in [2.24, 2.45) is 5.92 Å². The lowest BCUT2D eigenvalue weighted by atomic mass is 9.95. The third-order valence-electron chi connectivity index (χ3n) is 3.18. The van der Waals surface area contributed by atoms with Crippen LogP contribution in [0.1, 0.15) is 12.6 Å². The monoisotopic (exact) mass is 266 g/mol. The highest BCUT2D eigenvalue weighted by molar-refractivity contribution is 4.98. The van der Waals surface area contributed by atoms with Crippen LogP contribution in [-0.4, -0.2) is 38.6 Å². The van der Waals surface area contributed by atoms with Crippen LogP contribution < -0.4 is 11.2 Å². The summed E-state index contributed by atoms with van der Waals surface area (Å²) in [5.74, 6) is 1.94. The van der Waals surface area contributed by atoms with Crippen molar-refractivity contribution in [3.05, 3.63) is 33.1 Å². The standard InChI is InChI=1S/C12H14N2O5/c1-2-3-7-8(6-15)19-11(10(7)17)14-5-4-9(16)13-12(14)18/h1,4-5,7-8,10-11,15,17H,3,6H2,(H,13,16,18)/t7-,8-,10-,11-/m1/s1. The smallest absolute Gasteiger partial charge is 0.330 e. The Morgan fingerprint density at radius 1 is 1.53 bits per heavy atom. The molecule has 0 aromatic carbocycles. The fraction of sp³-hybridized carbons (Fsp3) is 0.500. The molecule has 7 nitrogen and oxygen atoms in total. The van der Waals surface area contributed by atoms with Crippen molar-refractivity contribution >= 4 is 0 Å². The number of ether oxygens (including phenoxy) is 1. The summed E-state index contributed by atoms with van der Waals surface area (Å²) in [5, 5.41) is 19.4. The maximum absolute atomic E-state index is 11.6. The Balaban J connectivity index is 2.34. The normalized spacial score (nSPS) is 30.2. The van der Waals surface area contributed by atoms with Crippen LogP contribution in [0.4, 0.5) is 0 Å². The predicted octanol–water partition coefficient (Wildman–Crippen LogP) is -1.57. The van der Waals surface area contributed by atoms with Crippen LogP contribution in [0.2, 0.25) is 0 Å². The molecular formula is C12H14N2O5. The van der Waals surface area contributed by atoms with Gasteiger partial charge in [-0.15, -0.1) is 12.3 Å². The molecular weight excluding hydrogens is 252 g/mol. The minimum absolute atomic E-state index is 0.223. The molecule has 4 atom stereocenters. The average Bonchev–Trinajstić information content (AvgIpc) is 2.68. The number of aromatic nitrogens is 2. The molecule has 7 heteroatoms. The van der Waals surface area contributed by atoms with E-state index in [2.05, 4.69) is 10.9 Å². The number of terminal acetylenes is 1. The summed E-state index contributed by atoms with van der Waals surface area (Å²) in [6.45, 7) is -0.308. The number of aliphatic hydroxyl groups excluding tert-OH is 2. The molecule has 1 saturated heterocycles. The largest absolute Gasteiger partial charge is 0.394 e. The van der Waals surface area contributed by atoms with Crippen LogP contribution >= 0.6 is 0 Å². The van der Waals surface area contributed by atoms with Crippen LogP contribution in [0.15, 0.2) is 21.9 Å². The van der Waals surface area contributed by atoms with Gasteiger partial charge in [-0.05, 0) is 0 Å². The average molecular weight is 266 g/mol. The van der Waals surface area contributed by atoms with Gasteiger partial charge in [0, 0.05) is 24.6 Å². The maximum Gasteiger partial charge on any atom is 0.330 e. The van der Waals surface area contributed by atoms with Gasteiger partial charge in [-0.3, -0.25) is 14.3 Å². The van der Waals surface area contributed by atoms with E-state index in [9.17, 15) is 19.8 Å². The fourth-order valence-electron chi connectivity index (χ4n) is 2.22. The SMILES string of the molecule is C#CC[C@H]1[C@@H](O)[C@H](n2ccc(=O)[nH]c2=O)O[C@@H]1CO. The molecule has 0 aliphatic carbocycles. The molecule has 0 bridgehead atoms. The van der Waals surface area contributed by atoms with Crippen molar-refractivity contribution in [3.63, 3.8) is 0 Å². The van der Waals surface area contributed by atoms with Gasteiger partial charge in [0.1, 0.15) is 6.10 Å². The number of aliphatic hydroxyl groups is 2. The molecule has 102 valence electrons. The summed E-state index contributed by atoms with van der Waals surface area (Å²) in [4.78, 5) is 24.7. The van der Waals surface area contributed by atoms with Crippen LogP contribution in [0.5, 0.6) is 0 Å². The summed E-state index contributed by atoms with van der Waals surface area (Å²) in [5.41, 5.74) is -1.22. The zero-order valence-corrected chi connectivity index (χ0v) is 10.0. The van der Waals surface area contributed by atoms with Gasteiger partial charge < -0.3 is 14.9 Å². The minimum atomic E-state index is -1.03. The van der Waals surface area contributed by atoms with E-state index in [-0.39, 0.29) is 13.0 Å². The fourth-order valence-corrected chi connectivity index (χ4v) is 2.22. The lowest BCUT2D eigenvalue weighted by Crippen LogP contribution is -2.36. The Labute approximate surface area is 108 Å². The van der Waals surface area contributed by atoms with E-state index in [1.165, 1.54) is 6.20 Å². The molecule has 0 unspecified atom stereocenters. The van der Waals surface area contributed by atoms with E-state index in [1.54, 1.807) is 0 Å². The first kappa shape index (κ1) is 13.5. The van der Waals surface area contributed by atoms with Crippen LogP contribution in [0.25, 0.3) is 0 Å². The van der Waals surface area contributed by atoms with Crippen molar-refractivity contribution < 1.29 is 14.9 Å². The molecule has 1 fully saturated rings. The second-order valence-corrected chi connectivity index (χ2v) is 4.33. The number of H-pyrrole nitrogens is 1. The van der Waals surface area contributed by atoms with Gasteiger partial charge in [-0.25, -0.2) is 4.79 Å². The summed E-state index contributed by atoms with van der Waals surface area (Å²) in [7, 11) is 0. The summed E-state index contributed by atoms with van der Waals surface area (Å²) in [6, 6.07) is 1.15. The predicted molar refractivity (Wildman–Crippen MR) is 65.3 cm³/mol. The summed E-state index contributed by atoms with van der Waals surface area (Å²) >= 11 is 0. The molecule has 0 saturated carbocycles. The van der Waals surface area contributed by atoms with Gasteiger partial charge >= 0.3 is 5.69 Å². The number of nitrogens with zero attached hydrogens (tertiary/aromatic N) is 1. The van der Waals surface area contributed by atoms with E-state index in [0.29, 0.717) is 0 Å². The Morgan fingerprint density at radius 3 is 2.84 bits per heavy atom. The lowest BCUT2D eigenvalue weighted by molar-refractivity contribution is -0.0535. The third-order valence-corrected chi connectivity index (χ3v) is 3.18. The summed E-state index contributed by atoms with van der Waals surface area (Å²) < 4.78 is 6.51. The lowest BCUT2D eigenvalue weighted by Gasteiger charge is -2.17. The van der Waals surface area contributed by atoms with Gasteiger partial charge in [0.25, 0.3) is 5.56 Å². The first-order valence-electron chi connectivity index (χ1n) is 5.77. The van der Waals surface area contributed by atoms with Crippen molar-refractivity contribution in [1.82, 2.24) is 9.55 Å². The molecule has 0 radical (unpaired) electrons. The summed E-state index contributed by atoms with van der Waals surface area (Å²) in [6.07, 6.45) is 4.02. The molecule has 2 heterocycles. The van der Waals surface area contributed by atoms with E-state index >= 15 is 0 Å². The Morgan fingerprint density at radius 2 is 2.26 bits per heavy atom. The molecule has 3 N–H and O–H groups in total. The van der Waals surface area contributed by atoms with E-state index < -0.39 is 35.6 Å².